The van der Waals surface area contributed by atoms with Gasteiger partial charge in [0.25, 0.3) is 0 Å². The number of rotatable bonds is 8. The monoisotopic (exact) mass is 289 g/mol. The molecule has 1 atom stereocenters. The van der Waals surface area contributed by atoms with E-state index >= 15 is 0 Å². The first-order chi connectivity index (χ1) is 9.46. The molecule has 0 aromatic heterocycles. The highest BCUT2D eigenvalue weighted by Gasteiger charge is 2.33. The van der Waals surface area contributed by atoms with Crippen LogP contribution in [-0.4, -0.2) is 19.8 Å². The molecule has 0 spiro atoms. The number of hydrogen-bond acceptors (Lipinski definition) is 2. The van der Waals surface area contributed by atoms with Crippen molar-refractivity contribution in [2.24, 2.45) is 0 Å². The normalized spacial score (nSPS) is 13.4. The van der Waals surface area contributed by atoms with Crippen molar-refractivity contribution < 1.29 is 17.9 Å². The summed E-state index contributed by atoms with van der Waals surface area (Å²) in [7, 11) is 0. The fourth-order valence-corrected chi connectivity index (χ4v) is 1.94. The van der Waals surface area contributed by atoms with Gasteiger partial charge in [-0.2, -0.15) is 13.2 Å². The van der Waals surface area contributed by atoms with E-state index in [0.29, 0.717) is 19.8 Å². The number of alkyl halides is 3. The molecule has 1 aromatic rings. The van der Waals surface area contributed by atoms with Gasteiger partial charge < -0.3 is 10.1 Å². The maximum atomic E-state index is 12.9. The lowest BCUT2D eigenvalue weighted by Crippen LogP contribution is -2.25. The van der Waals surface area contributed by atoms with Gasteiger partial charge in [0.05, 0.1) is 12.2 Å². The molecule has 114 valence electrons. The number of benzene rings is 1. The Balaban J connectivity index is 2.49. The predicted octanol–water partition coefficient (Wildman–Crippen LogP) is 4.17. The quantitative estimate of drug-likeness (QED) is 0.725. The van der Waals surface area contributed by atoms with Crippen molar-refractivity contribution in [1.29, 1.82) is 0 Å². The number of nitrogens with one attached hydrogen (secondary N) is 1. The summed E-state index contributed by atoms with van der Waals surface area (Å²) in [6.45, 7) is 5.57. The second-order valence-corrected chi connectivity index (χ2v) is 4.73. The van der Waals surface area contributed by atoms with E-state index in [-0.39, 0.29) is 11.6 Å². The van der Waals surface area contributed by atoms with E-state index in [1.165, 1.54) is 12.1 Å². The van der Waals surface area contributed by atoms with Crippen LogP contribution in [0.3, 0.4) is 0 Å². The summed E-state index contributed by atoms with van der Waals surface area (Å²) in [5, 5.41) is 3.06. The fourth-order valence-electron chi connectivity index (χ4n) is 1.94. The van der Waals surface area contributed by atoms with Crippen LogP contribution in [0.1, 0.15) is 43.9 Å². The van der Waals surface area contributed by atoms with Crippen molar-refractivity contribution in [2.75, 3.05) is 19.8 Å². The standard InChI is InChI=1S/C15H22F3NO/c1-3-4-10-20-11-9-19-12(2)13-7-5-6-8-14(13)15(16,17)18/h5-8,12,19H,3-4,9-11H2,1-2H3. The summed E-state index contributed by atoms with van der Waals surface area (Å²) in [6, 6.07) is 5.31. The zero-order chi connectivity index (χ0) is 15.0. The summed E-state index contributed by atoms with van der Waals surface area (Å²) >= 11 is 0. The lowest BCUT2D eigenvalue weighted by molar-refractivity contribution is -0.138. The zero-order valence-electron chi connectivity index (χ0n) is 12.0. The van der Waals surface area contributed by atoms with E-state index in [1.807, 2.05) is 0 Å². The minimum Gasteiger partial charge on any atom is -0.380 e. The van der Waals surface area contributed by atoms with Crippen LogP contribution in [-0.2, 0) is 10.9 Å². The minimum absolute atomic E-state index is 0.272. The molecule has 0 fully saturated rings. The molecule has 5 heteroatoms. The molecule has 20 heavy (non-hydrogen) atoms. The molecular formula is C15H22F3NO. The largest absolute Gasteiger partial charge is 0.416 e. The average molecular weight is 289 g/mol. The highest BCUT2D eigenvalue weighted by atomic mass is 19.4. The first-order valence-corrected chi connectivity index (χ1v) is 6.94. The summed E-state index contributed by atoms with van der Waals surface area (Å²) in [4.78, 5) is 0. The number of halogens is 3. The number of ether oxygens (including phenoxy) is 1. The topological polar surface area (TPSA) is 21.3 Å². The highest BCUT2D eigenvalue weighted by molar-refractivity contribution is 5.31. The Labute approximate surface area is 118 Å². The van der Waals surface area contributed by atoms with E-state index in [2.05, 4.69) is 12.2 Å². The zero-order valence-corrected chi connectivity index (χ0v) is 12.0. The molecule has 2 nitrogen and oxygen atoms in total. The van der Waals surface area contributed by atoms with Gasteiger partial charge in [0.1, 0.15) is 0 Å². The Kier molecular flexibility index (Phi) is 7.02. The minimum atomic E-state index is -4.32. The van der Waals surface area contributed by atoms with Gasteiger partial charge in [0, 0.05) is 19.2 Å². The molecule has 1 aromatic carbocycles. The molecular weight excluding hydrogens is 267 g/mol. The molecule has 0 amide bonds. The number of hydrogen-bond donors (Lipinski definition) is 1. The van der Waals surface area contributed by atoms with Crippen LogP contribution in [0.15, 0.2) is 24.3 Å². The summed E-state index contributed by atoms with van der Waals surface area (Å²) < 4.78 is 44.0. The van der Waals surface area contributed by atoms with Crippen molar-refractivity contribution in [3.8, 4) is 0 Å². The molecule has 0 aliphatic heterocycles. The summed E-state index contributed by atoms with van der Waals surface area (Å²) in [5.41, 5.74) is -0.305. The Morgan fingerprint density at radius 2 is 1.90 bits per heavy atom. The molecule has 0 saturated heterocycles. The fraction of sp³-hybridized carbons (Fsp3) is 0.600. The second-order valence-electron chi connectivity index (χ2n) is 4.73. The van der Waals surface area contributed by atoms with Crippen LogP contribution in [0.25, 0.3) is 0 Å². The molecule has 1 unspecified atom stereocenters. The molecule has 0 aliphatic carbocycles. The van der Waals surface area contributed by atoms with Gasteiger partial charge in [-0.1, -0.05) is 31.5 Å². The Bertz CT molecular complexity index is 393. The van der Waals surface area contributed by atoms with Crippen molar-refractivity contribution >= 4 is 0 Å². The maximum Gasteiger partial charge on any atom is 0.416 e. The van der Waals surface area contributed by atoms with Crippen LogP contribution in [0.5, 0.6) is 0 Å². The predicted molar refractivity (Wildman–Crippen MR) is 73.6 cm³/mol. The Hall–Kier alpha value is -1.07. The lowest BCUT2D eigenvalue weighted by Gasteiger charge is -2.19. The van der Waals surface area contributed by atoms with Gasteiger partial charge in [-0.3, -0.25) is 0 Å². The average Bonchev–Trinajstić information content (AvgIpc) is 2.41. The summed E-state index contributed by atoms with van der Waals surface area (Å²) in [6.07, 6.45) is -2.24. The molecule has 1 N–H and O–H groups in total. The molecule has 0 aliphatic rings. The van der Waals surface area contributed by atoms with E-state index in [0.717, 1.165) is 18.9 Å². The van der Waals surface area contributed by atoms with Crippen LogP contribution in [0.4, 0.5) is 13.2 Å². The lowest BCUT2D eigenvalue weighted by atomic mass is 10.0. The SMILES string of the molecule is CCCCOCCNC(C)c1ccccc1C(F)(F)F. The van der Waals surface area contributed by atoms with Gasteiger partial charge in [-0.25, -0.2) is 0 Å². The molecule has 0 bridgehead atoms. The third kappa shape index (κ3) is 5.51. The van der Waals surface area contributed by atoms with Crippen LogP contribution >= 0.6 is 0 Å². The molecule has 0 heterocycles. The van der Waals surface area contributed by atoms with Crippen LogP contribution in [0.2, 0.25) is 0 Å². The molecule has 1 rings (SSSR count). The van der Waals surface area contributed by atoms with Crippen molar-refractivity contribution in [3.63, 3.8) is 0 Å². The maximum absolute atomic E-state index is 12.9. The van der Waals surface area contributed by atoms with Crippen LogP contribution in [0, 0.1) is 0 Å². The molecule has 0 radical (unpaired) electrons. The van der Waals surface area contributed by atoms with E-state index in [4.69, 9.17) is 4.74 Å². The first kappa shape index (κ1) is 17.0. The first-order valence-electron chi connectivity index (χ1n) is 6.94. The third-order valence-electron chi connectivity index (χ3n) is 3.07. The molecule has 0 saturated carbocycles. The third-order valence-corrected chi connectivity index (χ3v) is 3.07. The Morgan fingerprint density at radius 3 is 2.55 bits per heavy atom. The Morgan fingerprint density at radius 1 is 1.20 bits per heavy atom. The van der Waals surface area contributed by atoms with E-state index < -0.39 is 11.7 Å². The second kappa shape index (κ2) is 8.27. The van der Waals surface area contributed by atoms with Gasteiger partial charge >= 0.3 is 6.18 Å². The highest BCUT2D eigenvalue weighted by Crippen LogP contribution is 2.34. The van der Waals surface area contributed by atoms with Gasteiger partial charge in [0.15, 0.2) is 0 Å². The van der Waals surface area contributed by atoms with E-state index in [9.17, 15) is 13.2 Å². The van der Waals surface area contributed by atoms with Gasteiger partial charge in [0.2, 0.25) is 0 Å². The summed E-state index contributed by atoms with van der Waals surface area (Å²) in [5.74, 6) is 0. The van der Waals surface area contributed by atoms with Crippen LogP contribution < -0.4 is 5.32 Å². The van der Waals surface area contributed by atoms with Crippen molar-refractivity contribution in [1.82, 2.24) is 5.32 Å². The number of unbranched alkanes of at least 4 members (excludes halogenated alkanes) is 1. The van der Waals surface area contributed by atoms with E-state index in [1.54, 1.807) is 13.0 Å². The van der Waals surface area contributed by atoms with Crippen molar-refractivity contribution in [3.05, 3.63) is 35.4 Å². The van der Waals surface area contributed by atoms with Gasteiger partial charge in [-0.05, 0) is 25.0 Å². The van der Waals surface area contributed by atoms with Crippen molar-refractivity contribution in [2.45, 2.75) is 38.9 Å². The van der Waals surface area contributed by atoms with Gasteiger partial charge in [-0.15, -0.1) is 0 Å². The smallest absolute Gasteiger partial charge is 0.380 e.